The van der Waals surface area contributed by atoms with E-state index < -0.39 is 0 Å². The minimum absolute atomic E-state index is 0.00769. The fraction of sp³-hybridized carbons (Fsp3) is 0.615. The second-order valence-corrected chi connectivity index (χ2v) is 4.37. The molecule has 1 fully saturated rings. The molecule has 5 nitrogen and oxygen atoms in total. The van der Waals surface area contributed by atoms with Gasteiger partial charge in [0, 0.05) is 26.5 Å². The lowest BCUT2D eigenvalue weighted by Crippen LogP contribution is -2.40. The molecule has 2 heterocycles. The first-order valence-corrected chi connectivity index (χ1v) is 6.33. The van der Waals surface area contributed by atoms with Crippen LogP contribution in [0, 0.1) is 0 Å². The Morgan fingerprint density at radius 1 is 1.61 bits per heavy atom. The summed E-state index contributed by atoms with van der Waals surface area (Å²) in [7, 11) is 1.66. The Kier molecular flexibility index (Phi) is 4.38. The van der Waals surface area contributed by atoms with Crippen molar-refractivity contribution in [1.29, 1.82) is 0 Å². The van der Waals surface area contributed by atoms with Crippen LogP contribution in [0.3, 0.4) is 0 Å². The first-order valence-electron chi connectivity index (χ1n) is 6.33. The van der Waals surface area contributed by atoms with E-state index in [0.717, 1.165) is 13.0 Å². The molecule has 1 N–H and O–H groups in total. The molecular formula is C13H20N2O3. The maximum atomic E-state index is 12.3. The highest BCUT2D eigenvalue weighted by Gasteiger charge is 2.27. The number of methoxy groups -OCH3 is 1. The fourth-order valence-corrected chi connectivity index (χ4v) is 2.34. The summed E-state index contributed by atoms with van der Waals surface area (Å²) in [6.07, 6.45) is 2.56. The lowest BCUT2D eigenvalue weighted by atomic mass is 10.1. The summed E-state index contributed by atoms with van der Waals surface area (Å²) in [5.74, 6) is 0. The molecule has 18 heavy (non-hydrogen) atoms. The monoisotopic (exact) mass is 252 g/mol. The van der Waals surface area contributed by atoms with Crippen LogP contribution in [0.25, 0.3) is 0 Å². The lowest BCUT2D eigenvalue weighted by Gasteiger charge is -2.32. The molecule has 100 valence electrons. The van der Waals surface area contributed by atoms with Crippen molar-refractivity contribution < 1.29 is 9.47 Å². The summed E-state index contributed by atoms with van der Waals surface area (Å²) in [5.41, 5.74) is 0.648. The number of hydrogen-bond donors (Lipinski definition) is 1. The van der Waals surface area contributed by atoms with E-state index in [2.05, 4.69) is 5.32 Å². The molecule has 2 rings (SSSR count). The van der Waals surface area contributed by atoms with Crippen LogP contribution in [0.5, 0.6) is 0 Å². The summed E-state index contributed by atoms with van der Waals surface area (Å²) < 4.78 is 12.6. The van der Waals surface area contributed by atoms with E-state index in [-0.39, 0.29) is 17.7 Å². The molecule has 0 aromatic carbocycles. The number of aromatic nitrogens is 1. The third-order valence-corrected chi connectivity index (χ3v) is 3.27. The molecule has 1 saturated heterocycles. The number of pyridine rings is 1. The second kappa shape index (κ2) is 6.02. The van der Waals surface area contributed by atoms with Crippen molar-refractivity contribution in [3.05, 3.63) is 28.7 Å². The SMILES string of the molecule is CCNc1cccn([C@@H]2CCOC[C@@H]2OC)c1=O. The van der Waals surface area contributed by atoms with Gasteiger partial charge in [0.15, 0.2) is 0 Å². The topological polar surface area (TPSA) is 52.5 Å². The van der Waals surface area contributed by atoms with Gasteiger partial charge in [-0.3, -0.25) is 4.79 Å². The van der Waals surface area contributed by atoms with E-state index in [1.54, 1.807) is 11.7 Å². The molecule has 1 aliphatic heterocycles. The Morgan fingerprint density at radius 2 is 2.44 bits per heavy atom. The third-order valence-electron chi connectivity index (χ3n) is 3.27. The zero-order valence-corrected chi connectivity index (χ0v) is 10.9. The molecule has 0 spiro atoms. The van der Waals surface area contributed by atoms with Gasteiger partial charge >= 0.3 is 0 Å². The van der Waals surface area contributed by atoms with Crippen LogP contribution in [0.2, 0.25) is 0 Å². The minimum Gasteiger partial charge on any atom is -0.381 e. The maximum Gasteiger partial charge on any atom is 0.274 e. The Labute approximate surface area is 107 Å². The van der Waals surface area contributed by atoms with E-state index in [0.29, 0.717) is 18.9 Å². The highest BCUT2D eigenvalue weighted by Crippen LogP contribution is 2.22. The fourth-order valence-electron chi connectivity index (χ4n) is 2.34. The molecule has 0 amide bonds. The van der Waals surface area contributed by atoms with Gasteiger partial charge in [-0.05, 0) is 25.5 Å². The zero-order valence-electron chi connectivity index (χ0n) is 10.9. The number of nitrogens with one attached hydrogen (secondary N) is 1. The average molecular weight is 252 g/mol. The quantitative estimate of drug-likeness (QED) is 0.876. The van der Waals surface area contributed by atoms with Crippen LogP contribution in [-0.4, -0.2) is 37.5 Å². The van der Waals surface area contributed by atoms with Gasteiger partial charge in [0.1, 0.15) is 11.8 Å². The highest BCUT2D eigenvalue weighted by molar-refractivity contribution is 5.40. The number of anilines is 1. The molecule has 1 aromatic heterocycles. The van der Waals surface area contributed by atoms with Crippen LogP contribution in [0.1, 0.15) is 19.4 Å². The van der Waals surface area contributed by atoms with Crippen molar-refractivity contribution in [2.45, 2.75) is 25.5 Å². The number of nitrogens with zero attached hydrogens (tertiary/aromatic N) is 1. The predicted molar refractivity (Wildman–Crippen MR) is 70.1 cm³/mol. The van der Waals surface area contributed by atoms with Crippen LogP contribution in [0.15, 0.2) is 23.1 Å². The molecule has 0 aliphatic carbocycles. The molecule has 2 atom stereocenters. The molecule has 0 saturated carbocycles. The van der Waals surface area contributed by atoms with Gasteiger partial charge in [0.05, 0.1) is 12.6 Å². The van der Waals surface area contributed by atoms with Crippen molar-refractivity contribution in [2.24, 2.45) is 0 Å². The first kappa shape index (κ1) is 13.1. The van der Waals surface area contributed by atoms with Crippen molar-refractivity contribution in [1.82, 2.24) is 4.57 Å². The van der Waals surface area contributed by atoms with Gasteiger partial charge in [-0.25, -0.2) is 0 Å². The van der Waals surface area contributed by atoms with E-state index >= 15 is 0 Å². The molecule has 5 heteroatoms. The van der Waals surface area contributed by atoms with Crippen LogP contribution >= 0.6 is 0 Å². The molecule has 0 bridgehead atoms. The Balaban J connectivity index is 2.31. The van der Waals surface area contributed by atoms with Gasteiger partial charge < -0.3 is 19.4 Å². The van der Waals surface area contributed by atoms with E-state index in [4.69, 9.17) is 9.47 Å². The Morgan fingerprint density at radius 3 is 3.17 bits per heavy atom. The Hall–Kier alpha value is -1.33. The van der Waals surface area contributed by atoms with Gasteiger partial charge in [-0.15, -0.1) is 0 Å². The van der Waals surface area contributed by atoms with Crippen molar-refractivity contribution in [3.63, 3.8) is 0 Å². The lowest BCUT2D eigenvalue weighted by molar-refractivity contribution is -0.0609. The van der Waals surface area contributed by atoms with Crippen molar-refractivity contribution in [2.75, 3.05) is 32.2 Å². The number of hydrogen-bond acceptors (Lipinski definition) is 4. The summed E-state index contributed by atoms with van der Waals surface area (Å²) in [5, 5.41) is 3.08. The molecular weight excluding hydrogens is 232 g/mol. The van der Waals surface area contributed by atoms with E-state index in [1.165, 1.54) is 0 Å². The maximum absolute atomic E-state index is 12.3. The predicted octanol–water partition coefficient (Wildman–Crippen LogP) is 1.26. The third kappa shape index (κ3) is 2.57. The molecule has 0 radical (unpaired) electrons. The van der Waals surface area contributed by atoms with Gasteiger partial charge in [0.25, 0.3) is 5.56 Å². The van der Waals surface area contributed by atoms with Crippen LogP contribution < -0.4 is 10.9 Å². The molecule has 1 aliphatic rings. The summed E-state index contributed by atoms with van der Waals surface area (Å²) in [6.45, 7) is 3.92. The van der Waals surface area contributed by atoms with Crippen LogP contribution in [-0.2, 0) is 9.47 Å². The van der Waals surface area contributed by atoms with Gasteiger partial charge in [0.2, 0.25) is 0 Å². The molecule has 0 unspecified atom stereocenters. The standard InChI is InChI=1S/C13H20N2O3/c1-3-14-10-5-4-7-15(13(10)16)11-6-8-18-9-12(11)17-2/h4-5,7,11-12,14H,3,6,8-9H2,1-2H3/t11-,12+/m1/s1. The Bertz CT molecular complexity index is 444. The number of ether oxygens (including phenoxy) is 2. The van der Waals surface area contributed by atoms with Gasteiger partial charge in [-0.1, -0.05) is 0 Å². The average Bonchev–Trinajstić information content (AvgIpc) is 2.41. The van der Waals surface area contributed by atoms with Crippen molar-refractivity contribution >= 4 is 5.69 Å². The van der Waals surface area contributed by atoms with E-state index in [1.807, 2.05) is 25.3 Å². The zero-order chi connectivity index (χ0) is 13.0. The summed E-state index contributed by atoms with van der Waals surface area (Å²) >= 11 is 0. The van der Waals surface area contributed by atoms with E-state index in [9.17, 15) is 4.79 Å². The van der Waals surface area contributed by atoms with Crippen LogP contribution in [0.4, 0.5) is 5.69 Å². The second-order valence-electron chi connectivity index (χ2n) is 4.37. The van der Waals surface area contributed by atoms with Crippen molar-refractivity contribution in [3.8, 4) is 0 Å². The minimum atomic E-state index is -0.0617. The number of rotatable bonds is 4. The summed E-state index contributed by atoms with van der Waals surface area (Å²) in [4.78, 5) is 12.3. The summed E-state index contributed by atoms with van der Waals surface area (Å²) in [6, 6.07) is 3.75. The first-order chi connectivity index (χ1) is 8.77. The normalized spacial score (nSPS) is 23.9. The molecule has 1 aromatic rings. The largest absolute Gasteiger partial charge is 0.381 e. The van der Waals surface area contributed by atoms with Gasteiger partial charge in [-0.2, -0.15) is 0 Å². The highest BCUT2D eigenvalue weighted by atomic mass is 16.5. The smallest absolute Gasteiger partial charge is 0.274 e.